The van der Waals surface area contributed by atoms with Crippen LogP contribution in [0.3, 0.4) is 0 Å². The molecule has 7 nitrogen and oxygen atoms in total. The molecule has 1 saturated carbocycles. The minimum Gasteiger partial charge on any atom is -0.439 e. The van der Waals surface area contributed by atoms with E-state index in [4.69, 9.17) is 17.0 Å². The zero-order chi connectivity index (χ0) is 24.6. The lowest BCUT2D eigenvalue weighted by molar-refractivity contribution is 0.0522. The van der Waals surface area contributed by atoms with Crippen LogP contribution in [-0.2, 0) is 5.92 Å². The Morgan fingerprint density at radius 3 is 2.60 bits per heavy atom. The van der Waals surface area contributed by atoms with Gasteiger partial charge in [-0.05, 0) is 63.1 Å². The van der Waals surface area contributed by atoms with Gasteiger partial charge in [0.2, 0.25) is 11.8 Å². The molecule has 1 fully saturated rings. The van der Waals surface area contributed by atoms with E-state index in [2.05, 4.69) is 25.6 Å². The number of oxazole rings is 1. The Morgan fingerprint density at radius 1 is 1.11 bits per heavy atom. The fraction of sp³-hybridized carbons (Fsp3) is 0.240. The van der Waals surface area contributed by atoms with Crippen LogP contribution in [0.2, 0.25) is 0 Å². The summed E-state index contributed by atoms with van der Waals surface area (Å²) in [6, 6.07) is 11.9. The summed E-state index contributed by atoms with van der Waals surface area (Å²) < 4.78 is 40.1. The number of ether oxygens (including phenoxy) is 1. The molecular weight excluding hydrogens is 451 g/mol. The van der Waals surface area contributed by atoms with Crippen molar-refractivity contribution in [1.29, 1.82) is 0 Å². The second-order valence-corrected chi connectivity index (χ2v) is 8.40. The summed E-state index contributed by atoms with van der Waals surface area (Å²) in [6.45, 7) is 3.42. The molecule has 2 radical (unpaired) electrons. The lowest BCUT2D eigenvalue weighted by Crippen LogP contribution is -2.14. The molecule has 1 aliphatic rings. The van der Waals surface area contributed by atoms with E-state index in [-0.39, 0.29) is 28.1 Å². The van der Waals surface area contributed by atoms with Crippen molar-refractivity contribution in [3.8, 4) is 11.6 Å². The topological polar surface area (TPSA) is 85.1 Å². The Bertz CT molecular complexity index is 1400. The highest BCUT2D eigenvalue weighted by Gasteiger charge is 2.29. The first-order valence-electron chi connectivity index (χ1n) is 11.2. The van der Waals surface area contributed by atoms with E-state index in [0.29, 0.717) is 29.3 Å². The molecule has 10 heteroatoms. The first kappa shape index (κ1) is 22.8. The number of benzene rings is 2. The van der Waals surface area contributed by atoms with Crippen molar-refractivity contribution >= 4 is 42.1 Å². The lowest BCUT2D eigenvalue weighted by atomic mass is 9.91. The number of allylic oxidation sites excluding steroid dienone is 2. The van der Waals surface area contributed by atoms with Gasteiger partial charge in [-0.15, -0.1) is 0 Å². The van der Waals surface area contributed by atoms with Crippen molar-refractivity contribution in [2.24, 2.45) is 0 Å². The van der Waals surface area contributed by atoms with Gasteiger partial charge in [-0.3, -0.25) is 0 Å². The second kappa shape index (κ2) is 9.01. The summed E-state index contributed by atoms with van der Waals surface area (Å²) in [4.78, 5) is 13.1. The average molecular weight is 473 g/mol. The molecule has 2 aromatic carbocycles. The standard InChI is InChI=1S/C25H22BF2N5O2/c1-3-10-25(27,28)15-12-19(26)22-20(13-15)32-24(35-22)31-17-6-8-18(9-7-17)34-21-11-14(2)29-23(33-21)30-16-4-5-16/h3,6-13,16H,4-5H2,1-2H3,(H,31,32)(H,29,30,33)/b10-3+. The molecule has 2 heterocycles. The Kier molecular flexibility index (Phi) is 5.88. The van der Waals surface area contributed by atoms with Crippen LogP contribution >= 0.6 is 0 Å². The number of anilines is 3. The van der Waals surface area contributed by atoms with Crippen LogP contribution < -0.4 is 20.8 Å². The second-order valence-electron chi connectivity index (χ2n) is 8.40. The van der Waals surface area contributed by atoms with E-state index < -0.39 is 5.92 Å². The molecule has 176 valence electrons. The van der Waals surface area contributed by atoms with Crippen LogP contribution in [0.5, 0.6) is 11.6 Å². The molecule has 0 bridgehead atoms. The molecule has 5 rings (SSSR count). The molecule has 4 aromatic rings. The van der Waals surface area contributed by atoms with E-state index in [0.717, 1.165) is 24.6 Å². The van der Waals surface area contributed by atoms with Gasteiger partial charge in [0.1, 0.15) is 24.7 Å². The van der Waals surface area contributed by atoms with Crippen LogP contribution in [0.1, 0.15) is 31.0 Å². The van der Waals surface area contributed by atoms with Gasteiger partial charge in [0.05, 0.1) is 0 Å². The molecule has 0 atom stereocenters. The number of rotatable bonds is 8. The number of hydrogen-bond donors (Lipinski definition) is 2. The van der Waals surface area contributed by atoms with Gasteiger partial charge in [0.25, 0.3) is 11.9 Å². The number of alkyl halides is 2. The van der Waals surface area contributed by atoms with Gasteiger partial charge in [0, 0.05) is 29.1 Å². The van der Waals surface area contributed by atoms with Gasteiger partial charge >= 0.3 is 0 Å². The predicted octanol–water partition coefficient (Wildman–Crippen LogP) is 5.50. The normalized spacial score (nSPS) is 13.9. The molecule has 1 aliphatic carbocycles. The van der Waals surface area contributed by atoms with Crippen molar-refractivity contribution in [3.63, 3.8) is 0 Å². The smallest absolute Gasteiger partial charge is 0.300 e. The number of aryl methyl sites for hydroxylation is 1. The number of aromatic nitrogens is 3. The van der Waals surface area contributed by atoms with Crippen LogP contribution in [-0.4, -0.2) is 28.8 Å². The van der Waals surface area contributed by atoms with Crippen molar-refractivity contribution in [2.45, 2.75) is 38.7 Å². The van der Waals surface area contributed by atoms with Gasteiger partial charge in [-0.25, -0.2) is 4.98 Å². The third-order valence-corrected chi connectivity index (χ3v) is 5.35. The maximum Gasteiger partial charge on any atom is 0.300 e. The van der Waals surface area contributed by atoms with Crippen LogP contribution in [0.25, 0.3) is 11.1 Å². The molecule has 0 unspecified atom stereocenters. The lowest BCUT2D eigenvalue weighted by Gasteiger charge is -2.12. The zero-order valence-electron chi connectivity index (χ0n) is 19.2. The first-order valence-corrected chi connectivity index (χ1v) is 11.2. The molecule has 2 N–H and O–H groups in total. The third kappa shape index (κ3) is 5.26. The highest BCUT2D eigenvalue weighted by molar-refractivity contribution is 6.37. The summed E-state index contributed by atoms with van der Waals surface area (Å²) >= 11 is 0. The third-order valence-electron chi connectivity index (χ3n) is 5.35. The Hall–Kier alpha value is -3.95. The summed E-state index contributed by atoms with van der Waals surface area (Å²) in [6.07, 6.45) is 4.35. The fourth-order valence-electron chi connectivity index (χ4n) is 3.53. The number of nitrogens with zero attached hydrogens (tertiary/aromatic N) is 3. The maximum atomic E-state index is 14.3. The summed E-state index contributed by atoms with van der Waals surface area (Å²) in [5.41, 5.74) is 1.78. The van der Waals surface area contributed by atoms with E-state index in [1.807, 2.05) is 6.92 Å². The average Bonchev–Trinajstić information content (AvgIpc) is 3.51. The first-order chi connectivity index (χ1) is 16.8. The molecule has 35 heavy (non-hydrogen) atoms. The zero-order valence-corrected chi connectivity index (χ0v) is 19.2. The van der Waals surface area contributed by atoms with E-state index in [9.17, 15) is 8.78 Å². The van der Waals surface area contributed by atoms with Crippen molar-refractivity contribution in [2.75, 3.05) is 10.6 Å². The van der Waals surface area contributed by atoms with Crippen LogP contribution in [0, 0.1) is 6.92 Å². The molecule has 0 saturated heterocycles. The molecule has 2 aromatic heterocycles. The fourth-order valence-corrected chi connectivity index (χ4v) is 3.53. The monoisotopic (exact) mass is 473 g/mol. The summed E-state index contributed by atoms with van der Waals surface area (Å²) in [5, 5.41) is 6.28. The highest BCUT2D eigenvalue weighted by Crippen LogP contribution is 2.32. The summed E-state index contributed by atoms with van der Waals surface area (Å²) in [5.74, 6) is -1.57. The summed E-state index contributed by atoms with van der Waals surface area (Å²) in [7, 11) is 5.95. The van der Waals surface area contributed by atoms with Crippen molar-refractivity contribution in [3.05, 3.63) is 65.9 Å². The van der Waals surface area contributed by atoms with Crippen molar-refractivity contribution < 1.29 is 17.9 Å². The molecule has 0 amide bonds. The number of fused-ring (bicyclic) bond motifs is 1. The molecular formula is C25H22BF2N5O2. The Labute approximate surface area is 202 Å². The van der Waals surface area contributed by atoms with Gasteiger partial charge in [-0.2, -0.15) is 18.7 Å². The number of nitrogens with one attached hydrogen (secondary N) is 2. The Balaban J connectivity index is 1.31. The predicted molar refractivity (Wildman–Crippen MR) is 131 cm³/mol. The van der Waals surface area contributed by atoms with E-state index >= 15 is 0 Å². The minimum atomic E-state index is -3.16. The molecule has 0 aliphatic heterocycles. The number of hydrogen-bond acceptors (Lipinski definition) is 7. The van der Waals surface area contributed by atoms with E-state index in [1.165, 1.54) is 25.1 Å². The SMILES string of the molecule is [B]c1cc(C(F)(F)/C=C/C)cc2nc(Nc3ccc(Oc4cc(C)nc(NC5CC5)n4)cc3)oc12. The van der Waals surface area contributed by atoms with Crippen molar-refractivity contribution in [1.82, 2.24) is 15.0 Å². The van der Waals surface area contributed by atoms with Crippen LogP contribution in [0.4, 0.5) is 26.4 Å². The van der Waals surface area contributed by atoms with E-state index in [1.54, 1.807) is 30.3 Å². The quantitative estimate of drug-likeness (QED) is 0.258. The number of halogens is 2. The van der Waals surface area contributed by atoms with Crippen LogP contribution in [0.15, 0.2) is 59.0 Å². The van der Waals surface area contributed by atoms with Gasteiger partial charge in [-0.1, -0.05) is 17.6 Å². The highest BCUT2D eigenvalue weighted by atomic mass is 19.3. The Morgan fingerprint density at radius 2 is 1.89 bits per heavy atom. The molecule has 0 spiro atoms. The largest absolute Gasteiger partial charge is 0.439 e. The van der Waals surface area contributed by atoms with Gasteiger partial charge < -0.3 is 19.8 Å². The maximum absolute atomic E-state index is 14.3. The minimum absolute atomic E-state index is 0.0849. The van der Waals surface area contributed by atoms with Gasteiger partial charge in [0.15, 0.2) is 0 Å².